The average Bonchev–Trinajstić information content (AvgIpc) is 2.62. The van der Waals surface area contributed by atoms with E-state index in [4.69, 9.17) is 4.42 Å². The summed E-state index contributed by atoms with van der Waals surface area (Å²) in [5.41, 5.74) is 2.20. The lowest BCUT2D eigenvalue weighted by Gasteiger charge is -2.04. The molecule has 86 valence electrons. The molecular weight excluding hydrogens is 198 g/mol. The molecular formula is C14H20NO+. The van der Waals surface area contributed by atoms with Crippen molar-refractivity contribution >= 4 is 11.1 Å². The van der Waals surface area contributed by atoms with E-state index in [1.165, 1.54) is 24.8 Å². The summed E-state index contributed by atoms with van der Waals surface area (Å²) in [7, 11) is 0. The number of aryl methyl sites for hydroxylation is 1. The van der Waals surface area contributed by atoms with Gasteiger partial charge in [0.15, 0.2) is 6.04 Å². The van der Waals surface area contributed by atoms with Crippen molar-refractivity contribution in [1.29, 1.82) is 0 Å². The second-order valence-corrected chi connectivity index (χ2v) is 4.45. The summed E-state index contributed by atoms with van der Waals surface area (Å²) in [4.78, 5) is 0. The molecule has 1 atom stereocenters. The molecule has 0 aliphatic carbocycles. The Bertz CT molecular complexity index is 473. The Morgan fingerprint density at radius 2 is 2.06 bits per heavy atom. The number of fused-ring (bicyclic) bond motifs is 1. The molecule has 0 amide bonds. The number of hydrogen-bond acceptors (Lipinski definition) is 1. The number of rotatable bonds is 4. The van der Waals surface area contributed by atoms with Crippen LogP contribution in [0.25, 0.3) is 11.1 Å². The molecule has 0 saturated heterocycles. The van der Waals surface area contributed by atoms with Crippen LogP contribution >= 0.6 is 0 Å². The van der Waals surface area contributed by atoms with Crippen molar-refractivity contribution in [1.82, 2.24) is 0 Å². The molecule has 2 nitrogen and oxygen atoms in total. The highest BCUT2D eigenvalue weighted by molar-refractivity contribution is 5.68. The molecule has 16 heavy (non-hydrogen) atoms. The third kappa shape index (κ3) is 1.97. The smallest absolute Gasteiger partial charge is 0.344 e. The van der Waals surface area contributed by atoms with E-state index in [2.05, 4.69) is 30.5 Å². The molecule has 0 spiro atoms. The molecule has 2 heteroatoms. The Morgan fingerprint density at radius 3 is 2.81 bits per heavy atom. The van der Waals surface area contributed by atoms with E-state index in [0.29, 0.717) is 6.04 Å². The van der Waals surface area contributed by atoms with Gasteiger partial charge < -0.3 is 4.42 Å². The third-order valence-electron chi connectivity index (χ3n) is 3.14. The van der Waals surface area contributed by atoms with E-state index in [9.17, 15) is 0 Å². The van der Waals surface area contributed by atoms with Crippen LogP contribution in [0.5, 0.6) is 0 Å². The summed E-state index contributed by atoms with van der Waals surface area (Å²) in [5.74, 6) is 1.00. The summed E-state index contributed by atoms with van der Waals surface area (Å²) in [5, 5.41) is 0. The van der Waals surface area contributed by atoms with Gasteiger partial charge in [-0.1, -0.05) is 25.5 Å². The highest BCUT2D eigenvalue weighted by Gasteiger charge is 2.23. The van der Waals surface area contributed by atoms with Crippen molar-refractivity contribution in [3.8, 4) is 0 Å². The lowest BCUT2D eigenvalue weighted by atomic mass is 10.1. The van der Waals surface area contributed by atoms with Crippen LogP contribution < -0.4 is 4.57 Å². The number of benzene rings is 1. The number of para-hydroxylation sites is 2. The molecule has 0 radical (unpaired) electrons. The molecule has 2 rings (SSSR count). The Morgan fingerprint density at radius 1 is 1.31 bits per heavy atom. The first-order chi connectivity index (χ1) is 7.74. The number of aromatic nitrogens is 1. The van der Waals surface area contributed by atoms with Gasteiger partial charge in [-0.2, -0.15) is 4.57 Å². The molecule has 0 N–H and O–H groups in total. The zero-order valence-electron chi connectivity index (χ0n) is 10.4. The Hall–Kier alpha value is -1.31. The van der Waals surface area contributed by atoms with Crippen molar-refractivity contribution in [3.63, 3.8) is 0 Å². The van der Waals surface area contributed by atoms with Crippen molar-refractivity contribution in [2.45, 2.75) is 46.1 Å². The van der Waals surface area contributed by atoms with Crippen molar-refractivity contribution in [3.05, 3.63) is 30.2 Å². The number of oxazole rings is 1. The van der Waals surface area contributed by atoms with Gasteiger partial charge in [-0.25, -0.2) is 0 Å². The Balaban J connectivity index is 2.38. The van der Waals surface area contributed by atoms with Gasteiger partial charge in [0.2, 0.25) is 5.58 Å². The van der Waals surface area contributed by atoms with Gasteiger partial charge >= 0.3 is 5.89 Å². The van der Waals surface area contributed by atoms with E-state index in [1.807, 2.05) is 19.1 Å². The summed E-state index contributed by atoms with van der Waals surface area (Å²) < 4.78 is 8.07. The average molecular weight is 218 g/mol. The zero-order chi connectivity index (χ0) is 11.5. The van der Waals surface area contributed by atoms with Crippen LogP contribution in [0.4, 0.5) is 0 Å². The van der Waals surface area contributed by atoms with Gasteiger partial charge in [-0.15, -0.1) is 0 Å². The molecule has 1 heterocycles. The summed E-state index contributed by atoms with van der Waals surface area (Å²) in [6, 6.07) is 8.77. The van der Waals surface area contributed by atoms with Gasteiger partial charge in [0.05, 0.1) is 6.92 Å². The van der Waals surface area contributed by atoms with Crippen molar-refractivity contribution in [2.24, 2.45) is 0 Å². The second kappa shape index (κ2) is 4.69. The maximum Gasteiger partial charge on any atom is 0.344 e. The fourth-order valence-corrected chi connectivity index (χ4v) is 2.30. The van der Waals surface area contributed by atoms with Gasteiger partial charge in [0.1, 0.15) is 0 Å². The van der Waals surface area contributed by atoms with E-state index >= 15 is 0 Å². The third-order valence-corrected chi connectivity index (χ3v) is 3.14. The first-order valence-electron chi connectivity index (χ1n) is 6.13. The van der Waals surface area contributed by atoms with Crippen molar-refractivity contribution < 1.29 is 8.98 Å². The lowest BCUT2D eigenvalue weighted by Crippen LogP contribution is -2.39. The normalized spacial score (nSPS) is 13.2. The molecule has 1 aromatic carbocycles. The predicted molar refractivity (Wildman–Crippen MR) is 65.4 cm³/mol. The largest absolute Gasteiger partial charge is 0.402 e. The molecule has 2 aromatic rings. The van der Waals surface area contributed by atoms with Crippen LogP contribution in [0, 0.1) is 6.92 Å². The van der Waals surface area contributed by atoms with Crippen molar-refractivity contribution in [2.75, 3.05) is 0 Å². The quantitative estimate of drug-likeness (QED) is 0.714. The van der Waals surface area contributed by atoms with Gasteiger partial charge in [-0.3, -0.25) is 0 Å². The topological polar surface area (TPSA) is 17.0 Å². The summed E-state index contributed by atoms with van der Waals surface area (Å²) in [6.45, 7) is 6.55. The maximum absolute atomic E-state index is 5.76. The SMILES string of the molecule is CCCCC(C)[n+]1c(C)oc2ccccc21. The van der Waals surface area contributed by atoms with E-state index in [-0.39, 0.29) is 0 Å². The predicted octanol–water partition coefficient (Wildman–Crippen LogP) is 3.78. The minimum atomic E-state index is 0.517. The molecule has 0 aliphatic heterocycles. The van der Waals surface area contributed by atoms with Crippen LogP contribution in [-0.2, 0) is 0 Å². The maximum atomic E-state index is 5.76. The monoisotopic (exact) mass is 218 g/mol. The first kappa shape index (κ1) is 11.2. The van der Waals surface area contributed by atoms with Gasteiger partial charge in [0, 0.05) is 12.5 Å². The summed E-state index contributed by atoms with van der Waals surface area (Å²) >= 11 is 0. The highest BCUT2D eigenvalue weighted by Crippen LogP contribution is 2.17. The fourth-order valence-electron chi connectivity index (χ4n) is 2.30. The Kier molecular flexibility index (Phi) is 3.28. The molecule has 0 bridgehead atoms. The van der Waals surface area contributed by atoms with Gasteiger partial charge in [0.25, 0.3) is 5.52 Å². The van der Waals surface area contributed by atoms with Crippen LogP contribution in [0.15, 0.2) is 28.7 Å². The number of nitrogens with zero attached hydrogens (tertiary/aromatic N) is 1. The van der Waals surface area contributed by atoms with E-state index in [1.54, 1.807) is 0 Å². The zero-order valence-corrected chi connectivity index (χ0v) is 10.4. The van der Waals surface area contributed by atoms with E-state index in [0.717, 1.165) is 11.5 Å². The lowest BCUT2D eigenvalue weighted by molar-refractivity contribution is -0.706. The minimum Gasteiger partial charge on any atom is -0.402 e. The number of hydrogen-bond donors (Lipinski definition) is 0. The van der Waals surface area contributed by atoms with Crippen LogP contribution in [0.3, 0.4) is 0 Å². The van der Waals surface area contributed by atoms with Crippen LogP contribution in [-0.4, -0.2) is 0 Å². The standard InChI is InChI=1S/C14H20NO/c1-4-5-8-11(2)15-12(3)16-14-10-7-6-9-13(14)15/h6-7,9-11H,4-5,8H2,1-3H3/q+1. The van der Waals surface area contributed by atoms with Crippen LogP contribution in [0.1, 0.15) is 45.0 Å². The minimum absolute atomic E-state index is 0.517. The first-order valence-corrected chi connectivity index (χ1v) is 6.13. The van der Waals surface area contributed by atoms with Crippen LogP contribution in [0.2, 0.25) is 0 Å². The second-order valence-electron chi connectivity index (χ2n) is 4.45. The van der Waals surface area contributed by atoms with Gasteiger partial charge in [-0.05, 0) is 19.4 Å². The molecule has 1 unspecified atom stereocenters. The molecule has 0 saturated carbocycles. The van der Waals surface area contributed by atoms with E-state index < -0.39 is 0 Å². The summed E-state index contributed by atoms with van der Waals surface area (Å²) in [6.07, 6.45) is 3.73. The molecule has 0 aliphatic rings. The number of unbranched alkanes of at least 4 members (excludes halogenated alkanes) is 1. The highest BCUT2D eigenvalue weighted by atomic mass is 16.3. The Labute approximate surface area is 96.9 Å². The molecule has 0 fully saturated rings. The fraction of sp³-hybridized carbons (Fsp3) is 0.500. The molecule has 1 aromatic heterocycles.